The van der Waals surface area contributed by atoms with E-state index in [1.54, 1.807) is 12.5 Å². The second-order valence-corrected chi connectivity index (χ2v) is 6.92. The summed E-state index contributed by atoms with van der Waals surface area (Å²) >= 11 is 6.08. The first-order valence-electron chi connectivity index (χ1n) is 8.08. The molecule has 2 aromatic rings. The van der Waals surface area contributed by atoms with Gasteiger partial charge < -0.3 is 14.0 Å². The topological polar surface area (TPSA) is 36.3 Å². The van der Waals surface area contributed by atoms with Crippen LogP contribution in [0.5, 0.6) is 0 Å². The Morgan fingerprint density at radius 2 is 2.30 bits per heavy atom. The molecule has 1 aromatic heterocycles. The van der Waals surface area contributed by atoms with Gasteiger partial charge in [0, 0.05) is 23.8 Å². The first-order chi connectivity index (χ1) is 11.1. The summed E-state index contributed by atoms with van der Waals surface area (Å²) in [7, 11) is 0. The normalized spacial score (nSPS) is 24.4. The first kappa shape index (κ1) is 16.5. The summed E-state index contributed by atoms with van der Waals surface area (Å²) in [4.78, 5) is 4.11. The van der Waals surface area contributed by atoms with Gasteiger partial charge in [0.2, 0.25) is 0 Å². The van der Waals surface area contributed by atoms with Crippen LogP contribution in [-0.2, 0) is 22.4 Å². The van der Waals surface area contributed by atoms with Gasteiger partial charge in [-0.15, -0.1) is 0 Å². The summed E-state index contributed by atoms with van der Waals surface area (Å²) in [5, 5.41) is 0.763. The maximum absolute atomic E-state index is 6.33. The summed E-state index contributed by atoms with van der Waals surface area (Å²) in [5.74, 6) is -0.163. The Morgan fingerprint density at radius 1 is 1.43 bits per heavy atom. The van der Waals surface area contributed by atoms with Gasteiger partial charge in [-0.05, 0) is 30.0 Å². The number of aromatic nitrogens is 2. The summed E-state index contributed by atoms with van der Waals surface area (Å²) in [5.41, 5.74) is 1.20. The number of hydrogen-bond donors (Lipinski definition) is 0. The van der Waals surface area contributed by atoms with Gasteiger partial charge in [0.1, 0.15) is 0 Å². The average Bonchev–Trinajstić information content (AvgIpc) is 3.16. The molecule has 0 amide bonds. The number of benzene rings is 1. The fourth-order valence-electron chi connectivity index (χ4n) is 2.89. The summed E-state index contributed by atoms with van der Waals surface area (Å²) in [6.07, 6.45) is 7.31. The zero-order valence-electron chi connectivity index (χ0n) is 13.6. The van der Waals surface area contributed by atoms with E-state index in [0.717, 1.165) is 17.9 Å². The molecule has 1 aromatic carbocycles. The van der Waals surface area contributed by atoms with Crippen molar-refractivity contribution >= 4 is 11.6 Å². The summed E-state index contributed by atoms with van der Waals surface area (Å²) in [6, 6.07) is 7.96. The van der Waals surface area contributed by atoms with Gasteiger partial charge >= 0.3 is 0 Å². The van der Waals surface area contributed by atoms with E-state index in [2.05, 4.69) is 24.9 Å². The van der Waals surface area contributed by atoms with Gasteiger partial charge in [0.05, 0.1) is 25.6 Å². The number of halogens is 1. The maximum Gasteiger partial charge on any atom is 0.187 e. The molecule has 1 aliphatic heterocycles. The lowest BCUT2D eigenvalue weighted by atomic mass is 10.0. The monoisotopic (exact) mass is 334 g/mol. The van der Waals surface area contributed by atoms with Crippen LogP contribution in [0.4, 0.5) is 0 Å². The molecule has 2 atom stereocenters. The van der Waals surface area contributed by atoms with E-state index in [1.165, 1.54) is 5.56 Å². The number of ether oxygens (including phenoxy) is 2. The number of hydrogen-bond acceptors (Lipinski definition) is 3. The minimum atomic E-state index is -0.599. The fraction of sp³-hybridized carbons (Fsp3) is 0.500. The van der Waals surface area contributed by atoms with E-state index < -0.39 is 5.79 Å². The lowest BCUT2D eigenvalue weighted by Crippen LogP contribution is -2.37. The van der Waals surface area contributed by atoms with E-state index in [0.29, 0.717) is 19.1 Å². The third kappa shape index (κ3) is 4.14. The maximum atomic E-state index is 6.33. The van der Waals surface area contributed by atoms with Gasteiger partial charge in [0.15, 0.2) is 5.79 Å². The van der Waals surface area contributed by atoms with Gasteiger partial charge in [-0.3, -0.25) is 0 Å². The molecule has 0 N–H and O–H groups in total. The molecular weight excluding hydrogens is 312 g/mol. The zero-order chi connectivity index (χ0) is 16.3. The van der Waals surface area contributed by atoms with E-state index in [9.17, 15) is 0 Å². The Bertz CT molecular complexity index is 630. The highest BCUT2D eigenvalue weighted by molar-refractivity contribution is 6.30. The first-order valence-corrected chi connectivity index (χ1v) is 8.46. The van der Waals surface area contributed by atoms with Crippen LogP contribution in [0.15, 0.2) is 43.0 Å². The van der Waals surface area contributed by atoms with Crippen LogP contribution < -0.4 is 0 Å². The molecule has 124 valence electrons. The largest absolute Gasteiger partial charge is 0.345 e. The number of rotatable bonds is 6. The number of aryl methyl sites for hydroxylation is 1. The highest BCUT2D eigenvalue weighted by atomic mass is 35.5. The molecule has 5 heteroatoms. The van der Waals surface area contributed by atoms with Crippen LogP contribution in [-0.4, -0.2) is 28.0 Å². The molecule has 1 saturated heterocycles. The molecule has 3 rings (SSSR count). The van der Waals surface area contributed by atoms with Gasteiger partial charge in [-0.1, -0.05) is 37.6 Å². The SMILES string of the molecule is CC(C)C1COC(CCc2cccc(Cl)c2)(Cn2ccnc2)O1. The predicted octanol–water partition coefficient (Wildman–Crippen LogP) is 3.94. The molecule has 0 aliphatic carbocycles. The Hall–Kier alpha value is -1.36. The Morgan fingerprint density at radius 3 is 2.96 bits per heavy atom. The molecule has 0 radical (unpaired) electrons. The minimum absolute atomic E-state index is 0.137. The van der Waals surface area contributed by atoms with Crippen molar-refractivity contribution in [3.05, 3.63) is 53.6 Å². The molecule has 0 saturated carbocycles. The molecular formula is C18H23ClN2O2. The number of imidazole rings is 1. The molecule has 4 nitrogen and oxygen atoms in total. The van der Waals surface area contributed by atoms with Crippen LogP contribution >= 0.6 is 11.6 Å². The van der Waals surface area contributed by atoms with E-state index in [1.807, 2.05) is 29.0 Å². The van der Waals surface area contributed by atoms with Crippen molar-refractivity contribution in [3.8, 4) is 0 Å². The second kappa shape index (κ2) is 7.04. The highest BCUT2D eigenvalue weighted by Crippen LogP contribution is 2.33. The van der Waals surface area contributed by atoms with Gasteiger partial charge in [-0.2, -0.15) is 0 Å². The van der Waals surface area contributed by atoms with E-state index >= 15 is 0 Å². The lowest BCUT2D eigenvalue weighted by Gasteiger charge is -2.29. The Kier molecular flexibility index (Phi) is 5.05. The van der Waals surface area contributed by atoms with Gasteiger partial charge in [0.25, 0.3) is 0 Å². The number of nitrogens with zero attached hydrogens (tertiary/aromatic N) is 2. The zero-order valence-corrected chi connectivity index (χ0v) is 14.4. The van der Waals surface area contributed by atoms with Crippen molar-refractivity contribution < 1.29 is 9.47 Å². The Labute approximate surface area is 142 Å². The van der Waals surface area contributed by atoms with E-state index in [4.69, 9.17) is 21.1 Å². The lowest BCUT2D eigenvalue weighted by molar-refractivity contribution is -0.185. The standard InChI is InChI=1S/C18H23ClN2O2/c1-14(2)17-11-22-18(23-17,12-21-9-8-20-13-21)7-6-15-4-3-5-16(19)10-15/h3-5,8-10,13-14,17H,6-7,11-12H2,1-2H3. The van der Waals surface area contributed by atoms with Crippen LogP contribution in [0.1, 0.15) is 25.8 Å². The quantitative estimate of drug-likeness (QED) is 0.803. The van der Waals surface area contributed by atoms with Crippen LogP contribution in [0.2, 0.25) is 5.02 Å². The molecule has 0 bridgehead atoms. The second-order valence-electron chi connectivity index (χ2n) is 6.49. The predicted molar refractivity (Wildman–Crippen MR) is 90.4 cm³/mol. The van der Waals surface area contributed by atoms with Crippen molar-refractivity contribution in [2.24, 2.45) is 5.92 Å². The van der Waals surface area contributed by atoms with Crippen LogP contribution in [0.25, 0.3) is 0 Å². The molecule has 1 aliphatic rings. The summed E-state index contributed by atoms with van der Waals surface area (Å²) < 4.78 is 14.5. The molecule has 2 heterocycles. The van der Waals surface area contributed by atoms with Crippen molar-refractivity contribution in [1.82, 2.24) is 9.55 Å². The highest BCUT2D eigenvalue weighted by Gasteiger charge is 2.42. The molecule has 1 fully saturated rings. The summed E-state index contributed by atoms with van der Waals surface area (Å²) in [6.45, 7) is 5.62. The van der Waals surface area contributed by atoms with Crippen LogP contribution in [0.3, 0.4) is 0 Å². The average molecular weight is 335 g/mol. The van der Waals surface area contributed by atoms with Crippen molar-refractivity contribution in [3.63, 3.8) is 0 Å². The Balaban J connectivity index is 1.73. The third-order valence-corrected chi connectivity index (χ3v) is 4.52. The van der Waals surface area contributed by atoms with Crippen molar-refractivity contribution in [1.29, 1.82) is 0 Å². The van der Waals surface area contributed by atoms with E-state index in [-0.39, 0.29) is 6.10 Å². The third-order valence-electron chi connectivity index (χ3n) is 4.29. The minimum Gasteiger partial charge on any atom is -0.345 e. The van der Waals surface area contributed by atoms with Crippen molar-refractivity contribution in [2.45, 2.75) is 45.1 Å². The molecule has 23 heavy (non-hydrogen) atoms. The fourth-order valence-corrected chi connectivity index (χ4v) is 3.10. The smallest absolute Gasteiger partial charge is 0.187 e. The molecule has 2 unspecified atom stereocenters. The van der Waals surface area contributed by atoms with Crippen LogP contribution in [0, 0.1) is 5.92 Å². The van der Waals surface area contributed by atoms with Crippen molar-refractivity contribution in [2.75, 3.05) is 6.61 Å². The molecule has 0 spiro atoms. The van der Waals surface area contributed by atoms with Gasteiger partial charge in [-0.25, -0.2) is 4.98 Å².